The first kappa shape index (κ1) is 15.8. The smallest absolute Gasteiger partial charge is 0.0886 e. The Morgan fingerprint density at radius 1 is 1.08 bits per heavy atom. The Morgan fingerprint density at radius 3 is 2.62 bits per heavy atom. The van der Waals surface area contributed by atoms with E-state index in [4.69, 9.17) is 0 Å². The Morgan fingerprint density at radius 2 is 1.83 bits per heavy atom. The predicted molar refractivity (Wildman–Crippen MR) is 107 cm³/mol. The van der Waals surface area contributed by atoms with Gasteiger partial charge in [-0.25, -0.2) is 0 Å². The van der Waals surface area contributed by atoms with Gasteiger partial charge in [0.25, 0.3) is 0 Å². The third-order valence-electron chi connectivity index (χ3n) is 6.39. The minimum absolute atomic E-state index is 0.0417. The van der Waals surface area contributed by atoms with E-state index < -0.39 is 0 Å². The van der Waals surface area contributed by atoms with E-state index in [1.54, 1.807) is 5.57 Å². The molecule has 1 heteroatoms. The molecule has 122 valence electrons. The minimum Gasteiger partial charge on any atom is -0.0886 e. The predicted octanol–water partition coefficient (Wildman–Crippen LogP) is 4.61. The van der Waals surface area contributed by atoms with Gasteiger partial charge in [0, 0.05) is 5.41 Å². The lowest BCUT2D eigenvalue weighted by atomic mass is 9.66. The van der Waals surface area contributed by atoms with Crippen LogP contribution >= 0.6 is 0 Å². The summed E-state index contributed by atoms with van der Waals surface area (Å²) >= 11 is 0. The largest absolute Gasteiger partial charge is 0.139 e. The lowest BCUT2D eigenvalue weighted by molar-refractivity contribution is 0.373. The van der Waals surface area contributed by atoms with Crippen LogP contribution < -0.4 is 5.46 Å². The summed E-state index contributed by atoms with van der Waals surface area (Å²) in [4.78, 5) is 0. The molecule has 0 N–H and O–H groups in total. The molecule has 0 radical (unpaired) electrons. The highest BCUT2D eigenvalue weighted by atomic mass is 14.5. The second-order valence-corrected chi connectivity index (χ2v) is 8.10. The Kier molecular flexibility index (Phi) is 3.71. The van der Waals surface area contributed by atoms with Crippen LogP contribution in [0.5, 0.6) is 0 Å². The van der Waals surface area contributed by atoms with Gasteiger partial charge in [-0.15, -0.1) is 0 Å². The van der Waals surface area contributed by atoms with Gasteiger partial charge in [0.2, 0.25) is 0 Å². The number of benzene rings is 2. The summed E-state index contributed by atoms with van der Waals surface area (Å²) in [5, 5.41) is 0. The Bertz CT molecular complexity index is 817. The molecule has 0 nitrogen and oxygen atoms in total. The highest BCUT2D eigenvalue weighted by Gasteiger charge is 2.43. The van der Waals surface area contributed by atoms with Crippen LogP contribution in [0, 0.1) is 11.8 Å². The van der Waals surface area contributed by atoms with Crippen LogP contribution in [-0.2, 0) is 5.41 Å². The molecule has 3 unspecified atom stereocenters. The highest BCUT2D eigenvalue weighted by molar-refractivity contribution is 6.32. The molecule has 0 aromatic heterocycles. The van der Waals surface area contributed by atoms with Crippen molar-refractivity contribution in [3.8, 4) is 11.1 Å². The van der Waals surface area contributed by atoms with Crippen molar-refractivity contribution >= 4 is 13.3 Å². The fourth-order valence-electron chi connectivity index (χ4n) is 5.03. The number of hydrogen-bond acceptors (Lipinski definition) is 0. The molecule has 0 saturated heterocycles. The van der Waals surface area contributed by atoms with Crippen molar-refractivity contribution < 1.29 is 0 Å². The maximum Gasteiger partial charge on any atom is 0.139 e. The Hall–Kier alpha value is -1.76. The molecule has 4 rings (SSSR count). The maximum atomic E-state index is 2.58. The van der Waals surface area contributed by atoms with Crippen molar-refractivity contribution in [2.75, 3.05) is 0 Å². The average Bonchev–Trinajstić information content (AvgIpc) is 2.84. The van der Waals surface area contributed by atoms with Crippen LogP contribution in [0.15, 0.2) is 54.1 Å². The summed E-state index contributed by atoms with van der Waals surface area (Å²) in [6.45, 7) is 7.21. The molecular weight excluding hydrogens is 287 g/mol. The first-order chi connectivity index (χ1) is 11.5. The van der Waals surface area contributed by atoms with Crippen molar-refractivity contribution in [1.29, 1.82) is 0 Å². The van der Waals surface area contributed by atoms with Crippen LogP contribution in [0.3, 0.4) is 0 Å². The van der Waals surface area contributed by atoms with E-state index >= 15 is 0 Å². The van der Waals surface area contributed by atoms with E-state index in [1.807, 2.05) is 0 Å². The van der Waals surface area contributed by atoms with Crippen LogP contribution in [0.2, 0.25) is 0 Å². The zero-order chi connectivity index (χ0) is 16.9. The minimum atomic E-state index is 0.0417. The van der Waals surface area contributed by atoms with Gasteiger partial charge in [-0.2, -0.15) is 0 Å². The lowest BCUT2D eigenvalue weighted by Crippen LogP contribution is -2.29. The van der Waals surface area contributed by atoms with E-state index in [0.717, 1.165) is 5.92 Å². The Balaban J connectivity index is 1.95. The molecular formula is C23H27B. The van der Waals surface area contributed by atoms with Gasteiger partial charge in [-0.05, 0) is 53.9 Å². The SMILES string of the molecule is Bc1ccc2c(c1)C(C)(C1=CC(C)CC(CC)C1)c1ccccc1-2. The van der Waals surface area contributed by atoms with Gasteiger partial charge in [-0.1, -0.05) is 79.8 Å². The molecule has 0 bridgehead atoms. The van der Waals surface area contributed by atoms with Crippen LogP contribution in [0.1, 0.15) is 51.2 Å². The highest BCUT2D eigenvalue weighted by Crippen LogP contribution is 2.54. The molecule has 0 saturated carbocycles. The first-order valence-corrected chi connectivity index (χ1v) is 9.46. The molecule has 0 aliphatic heterocycles. The molecule has 24 heavy (non-hydrogen) atoms. The van der Waals surface area contributed by atoms with E-state index in [9.17, 15) is 0 Å². The molecule has 0 spiro atoms. The van der Waals surface area contributed by atoms with Crippen LogP contribution in [0.25, 0.3) is 11.1 Å². The zero-order valence-corrected chi connectivity index (χ0v) is 15.4. The van der Waals surface area contributed by atoms with Crippen LogP contribution in [0.4, 0.5) is 0 Å². The number of allylic oxidation sites excluding steroid dienone is 2. The van der Waals surface area contributed by atoms with E-state index in [-0.39, 0.29) is 5.41 Å². The van der Waals surface area contributed by atoms with Gasteiger partial charge in [0.15, 0.2) is 0 Å². The van der Waals surface area contributed by atoms with Crippen molar-refractivity contribution in [2.45, 2.75) is 45.4 Å². The van der Waals surface area contributed by atoms with Gasteiger partial charge < -0.3 is 0 Å². The fourth-order valence-corrected chi connectivity index (χ4v) is 5.03. The van der Waals surface area contributed by atoms with Crippen molar-refractivity contribution in [1.82, 2.24) is 0 Å². The van der Waals surface area contributed by atoms with Crippen LogP contribution in [-0.4, -0.2) is 7.85 Å². The third kappa shape index (κ3) is 2.21. The topological polar surface area (TPSA) is 0 Å². The van der Waals surface area contributed by atoms with Gasteiger partial charge in [0.1, 0.15) is 7.85 Å². The Labute approximate surface area is 147 Å². The summed E-state index contributed by atoms with van der Waals surface area (Å²) in [5.74, 6) is 1.52. The second-order valence-electron chi connectivity index (χ2n) is 8.10. The summed E-state index contributed by atoms with van der Waals surface area (Å²) < 4.78 is 0. The quantitative estimate of drug-likeness (QED) is 0.561. The summed E-state index contributed by atoms with van der Waals surface area (Å²) in [5.41, 5.74) is 8.93. The number of hydrogen-bond donors (Lipinski definition) is 0. The van der Waals surface area contributed by atoms with Gasteiger partial charge >= 0.3 is 0 Å². The lowest BCUT2D eigenvalue weighted by Gasteiger charge is -2.37. The van der Waals surface area contributed by atoms with E-state index in [2.05, 4.69) is 77.2 Å². The van der Waals surface area contributed by atoms with E-state index in [0.29, 0.717) is 5.92 Å². The van der Waals surface area contributed by atoms with Crippen molar-refractivity contribution in [2.24, 2.45) is 11.8 Å². The van der Waals surface area contributed by atoms with Crippen molar-refractivity contribution in [3.05, 3.63) is 65.2 Å². The molecule has 0 fully saturated rings. The molecule has 0 heterocycles. The summed E-state index contributed by atoms with van der Waals surface area (Å²) in [7, 11) is 2.22. The molecule has 0 amide bonds. The third-order valence-corrected chi connectivity index (χ3v) is 6.39. The van der Waals surface area contributed by atoms with Gasteiger partial charge in [-0.3, -0.25) is 0 Å². The average molecular weight is 314 g/mol. The standard InChI is InChI=1S/C23H27B/c1-4-16-11-15(2)12-17(13-16)23(3)21-8-6-5-7-19(21)20-10-9-18(24)14-22(20)23/h5-10,12,14-16H,4,11,13,24H2,1-3H3. The number of rotatable bonds is 2. The van der Waals surface area contributed by atoms with E-state index in [1.165, 1.54) is 47.0 Å². The molecule has 2 aliphatic rings. The van der Waals surface area contributed by atoms with Crippen molar-refractivity contribution in [3.63, 3.8) is 0 Å². The second kappa shape index (κ2) is 5.65. The fraction of sp³-hybridized carbons (Fsp3) is 0.391. The zero-order valence-electron chi connectivity index (χ0n) is 15.4. The molecule has 2 aromatic rings. The van der Waals surface area contributed by atoms with Gasteiger partial charge in [0.05, 0.1) is 0 Å². The first-order valence-electron chi connectivity index (χ1n) is 9.46. The monoisotopic (exact) mass is 314 g/mol. The normalized spacial score (nSPS) is 28.2. The number of fused-ring (bicyclic) bond motifs is 3. The summed E-state index contributed by atoms with van der Waals surface area (Å²) in [6.07, 6.45) is 6.47. The summed E-state index contributed by atoms with van der Waals surface area (Å²) in [6, 6.07) is 16.1. The maximum absolute atomic E-state index is 2.58. The molecule has 2 aromatic carbocycles. The molecule has 2 aliphatic carbocycles. The molecule has 3 atom stereocenters.